The highest BCUT2D eigenvalue weighted by Crippen LogP contribution is 2.30. The number of benzene rings is 2. The Balaban J connectivity index is 2.70. The van der Waals surface area contributed by atoms with Crippen LogP contribution in [0, 0.1) is 0 Å². The first-order valence-electron chi connectivity index (χ1n) is 4.57. The Kier molecular flexibility index (Phi) is 2.69. The maximum absolute atomic E-state index is 3.80. The quantitative estimate of drug-likeness (QED) is 0.542. The monoisotopic (exact) mass is 246 g/mol. The zero-order valence-electron chi connectivity index (χ0n) is 7.78. The van der Waals surface area contributed by atoms with E-state index in [4.69, 9.17) is 0 Å². The molecule has 0 radical (unpaired) electrons. The van der Waals surface area contributed by atoms with Crippen molar-refractivity contribution in [2.24, 2.45) is 0 Å². The lowest BCUT2D eigenvalue weighted by Crippen LogP contribution is -1.86. The minimum absolute atomic E-state index is 0.230. The molecule has 0 fully saturated rings. The molecule has 0 saturated carbocycles. The van der Waals surface area contributed by atoms with E-state index in [0.717, 1.165) is 0 Å². The van der Waals surface area contributed by atoms with Gasteiger partial charge in [-0.3, -0.25) is 0 Å². The van der Waals surface area contributed by atoms with Crippen LogP contribution in [-0.2, 0) is 0 Å². The molecular formula is C13H11Br. The van der Waals surface area contributed by atoms with Crippen LogP contribution >= 0.6 is 15.9 Å². The first kappa shape index (κ1) is 9.47. The first-order valence-corrected chi connectivity index (χ1v) is 5.49. The summed E-state index contributed by atoms with van der Waals surface area (Å²) in [6, 6.07) is 14.7. The number of halogens is 1. The van der Waals surface area contributed by atoms with Gasteiger partial charge in [0.05, 0.1) is 4.83 Å². The summed E-state index contributed by atoms with van der Waals surface area (Å²) in [6.07, 6.45) is 1.90. The maximum atomic E-state index is 3.80. The van der Waals surface area contributed by atoms with Crippen LogP contribution in [-0.4, -0.2) is 0 Å². The molecule has 1 unspecified atom stereocenters. The Morgan fingerprint density at radius 1 is 1.07 bits per heavy atom. The second kappa shape index (κ2) is 3.97. The molecule has 14 heavy (non-hydrogen) atoms. The molecule has 70 valence electrons. The summed E-state index contributed by atoms with van der Waals surface area (Å²) < 4.78 is 0. The molecule has 2 rings (SSSR count). The maximum Gasteiger partial charge on any atom is 0.0578 e. The van der Waals surface area contributed by atoms with Gasteiger partial charge >= 0.3 is 0 Å². The van der Waals surface area contributed by atoms with Gasteiger partial charge in [0.2, 0.25) is 0 Å². The highest BCUT2D eigenvalue weighted by atomic mass is 79.9. The fourth-order valence-electron chi connectivity index (χ4n) is 1.62. The van der Waals surface area contributed by atoms with Gasteiger partial charge in [0, 0.05) is 0 Å². The molecular weight excluding hydrogens is 236 g/mol. The lowest BCUT2D eigenvalue weighted by molar-refractivity contribution is 1.29. The SMILES string of the molecule is C=CC(Br)c1cccc2ccccc12. The van der Waals surface area contributed by atoms with Crippen LogP contribution in [0.2, 0.25) is 0 Å². The van der Waals surface area contributed by atoms with E-state index in [1.54, 1.807) is 0 Å². The molecule has 0 aromatic heterocycles. The third-order valence-corrected chi connectivity index (χ3v) is 3.19. The van der Waals surface area contributed by atoms with Crippen LogP contribution in [0.3, 0.4) is 0 Å². The van der Waals surface area contributed by atoms with Crippen LogP contribution in [0.15, 0.2) is 55.1 Å². The summed E-state index contributed by atoms with van der Waals surface area (Å²) in [4.78, 5) is 0.230. The molecule has 0 nitrogen and oxygen atoms in total. The van der Waals surface area contributed by atoms with Crippen molar-refractivity contribution in [2.75, 3.05) is 0 Å². The van der Waals surface area contributed by atoms with Gasteiger partial charge in [-0.05, 0) is 16.3 Å². The Hall–Kier alpha value is -1.08. The summed E-state index contributed by atoms with van der Waals surface area (Å²) in [6.45, 7) is 3.80. The van der Waals surface area contributed by atoms with Crippen molar-refractivity contribution in [1.82, 2.24) is 0 Å². The van der Waals surface area contributed by atoms with Crippen LogP contribution in [0.25, 0.3) is 10.8 Å². The third kappa shape index (κ3) is 1.60. The summed E-state index contributed by atoms with van der Waals surface area (Å²) in [5.74, 6) is 0. The fraction of sp³-hybridized carbons (Fsp3) is 0.0769. The standard InChI is InChI=1S/C13H11Br/c1-2-13(14)12-9-5-7-10-6-3-4-8-11(10)12/h2-9,13H,1H2. The van der Waals surface area contributed by atoms with Gasteiger partial charge in [-0.2, -0.15) is 0 Å². The smallest absolute Gasteiger partial charge is 0.0578 e. The topological polar surface area (TPSA) is 0 Å². The number of hydrogen-bond acceptors (Lipinski definition) is 0. The van der Waals surface area contributed by atoms with E-state index in [-0.39, 0.29) is 4.83 Å². The van der Waals surface area contributed by atoms with Gasteiger partial charge in [0.25, 0.3) is 0 Å². The molecule has 0 N–H and O–H groups in total. The average Bonchev–Trinajstić information content (AvgIpc) is 2.27. The van der Waals surface area contributed by atoms with Crippen LogP contribution < -0.4 is 0 Å². The van der Waals surface area contributed by atoms with Crippen molar-refractivity contribution in [1.29, 1.82) is 0 Å². The third-order valence-electron chi connectivity index (χ3n) is 2.33. The van der Waals surface area contributed by atoms with Gasteiger partial charge in [-0.15, -0.1) is 6.58 Å². The summed E-state index contributed by atoms with van der Waals surface area (Å²) >= 11 is 3.59. The van der Waals surface area contributed by atoms with Crippen molar-refractivity contribution >= 4 is 26.7 Å². The van der Waals surface area contributed by atoms with Crippen molar-refractivity contribution < 1.29 is 0 Å². The predicted octanol–water partition coefficient (Wildman–Crippen LogP) is 4.46. The Morgan fingerprint density at radius 2 is 1.79 bits per heavy atom. The van der Waals surface area contributed by atoms with Crippen LogP contribution in [0.1, 0.15) is 10.4 Å². The van der Waals surface area contributed by atoms with E-state index in [0.29, 0.717) is 0 Å². The van der Waals surface area contributed by atoms with Gasteiger partial charge in [-0.25, -0.2) is 0 Å². The van der Waals surface area contributed by atoms with Crippen LogP contribution in [0.4, 0.5) is 0 Å². The largest absolute Gasteiger partial charge is 0.102 e. The van der Waals surface area contributed by atoms with Crippen molar-refractivity contribution in [3.8, 4) is 0 Å². The molecule has 2 aromatic rings. The normalized spacial score (nSPS) is 12.6. The predicted molar refractivity (Wildman–Crippen MR) is 65.8 cm³/mol. The number of rotatable bonds is 2. The Labute approximate surface area is 92.4 Å². The summed E-state index contributed by atoms with van der Waals surface area (Å²) in [5.41, 5.74) is 1.28. The van der Waals surface area contributed by atoms with E-state index in [9.17, 15) is 0 Å². The average molecular weight is 247 g/mol. The molecule has 1 heteroatoms. The Bertz CT molecular complexity index is 454. The number of hydrogen-bond donors (Lipinski definition) is 0. The Morgan fingerprint density at radius 3 is 2.57 bits per heavy atom. The molecule has 0 aliphatic rings. The second-order valence-electron chi connectivity index (χ2n) is 3.21. The highest BCUT2D eigenvalue weighted by molar-refractivity contribution is 9.09. The zero-order chi connectivity index (χ0) is 9.97. The lowest BCUT2D eigenvalue weighted by Gasteiger charge is -2.08. The van der Waals surface area contributed by atoms with E-state index in [1.807, 2.05) is 6.08 Å². The van der Waals surface area contributed by atoms with Crippen LogP contribution in [0.5, 0.6) is 0 Å². The molecule has 0 heterocycles. The molecule has 0 aliphatic carbocycles. The highest BCUT2D eigenvalue weighted by Gasteiger charge is 2.05. The van der Waals surface area contributed by atoms with E-state index >= 15 is 0 Å². The molecule has 0 bridgehead atoms. The molecule has 0 saturated heterocycles. The number of allylic oxidation sites excluding steroid dienone is 1. The minimum Gasteiger partial charge on any atom is -0.102 e. The number of alkyl halides is 1. The van der Waals surface area contributed by atoms with E-state index < -0.39 is 0 Å². The number of fused-ring (bicyclic) bond motifs is 1. The first-order chi connectivity index (χ1) is 6.83. The molecule has 2 aromatic carbocycles. The lowest BCUT2D eigenvalue weighted by atomic mass is 10.0. The molecule has 0 spiro atoms. The van der Waals surface area contributed by atoms with Gasteiger partial charge in [-0.1, -0.05) is 64.5 Å². The molecule has 1 atom stereocenters. The summed E-state index contributed by atoms with van der Waals surface area (Å²) in [5, 5.41) is 2.56. The zero-order valence-corrected chi connectivity index (χ0v) is 9.37. The van der Waals surface area contributed by atoms with Gasteiger partial charge in [0.1, 0.15) is 0 Å². The van der Waals surface area contributed by atoms with Gasteiger partial charge in [0.15, 0.2) is 0 Å². The van der Waals surface area contributed by atoms with E-state index in [2.05, 4.69) is 65.0 Å². The minimum atomic E-state index is 0.230. The fourth-order valence-corrected chi connectivity index (χ4v) is 2.02. The summed E-state index contributed by atoms with van der Waals surface area (Å²) in [7, 11) is 0. The van der Waals surface area contributed by atoms with Gasteiger partial charge < -0.3 is 0 Å². The second-order valence-corrected chi connectivity index (χ2v) is 4.19. The van der Waals surface area contributed by atoms with Crippen molar-refractivity contribution in [2.45, 2.75) is 4.83 Å². The van der Waals surface area contributed by atoms with E-state index in [1.165, 1.54) is 16.3 Å². The van der Waals surface area contributed by atoms with Crippen molar-refractivity contribution in [3.63, 3.8) is 0 Å². The van der Waals surface area contributed by atoms with Crippen molar-refractivity contribution in [3.05, 3.63) is 60.7 Å². The molecule has 0 aliphatic heterocycles. The molecule has 0 amide bonds.